The van der Waals surface area contributed by atoms with Gasteiger partial charge in [0, 0.05) is 45.5 Å². The first kappa shape index (κ1) is 23.9. The second-order valence-corrected chi connectivity index (χ2v) is 8.27. The van der Waals surface area contributed by atoms with E-state index in [1.165, 1.54) is 18.9 Å². The number of benzene rings is 2. The van der Waals surface area contributed by atoms with Crippen LogP contribution in [0.4, 0.5) is 10.1 Å². The Hall–Kier alpha value is -2.80. The highest BCUT2D eigenvalue weighted by molar-refractivity contribution is 5.79. The summed E-state index contributed by atoms with van der Waals surface area (Å²) in [7, 11) is 3.41. The molecule has 0 bridgehead atoms. The number of aliphatic hydroxyl groups excluding tert-OH is 1. The van der Waals surface area contributed by atoms with E-state index in [9.17, 15) is 9.50 Å². The van der Waals surface area contributed by atoms with Gasteiger partial charge in [-0.1, -0.05) is 18.2 Å². The number of nitrogens with zero attached hydrogens (tertiary/aromatic N) is 3. The predicted molar refractivity (Wildman–Crippen MR) is 128 cm³/mol. The van der Waals surface area contributed by atoms with Crippen LogP contribution < -0.4 is 15.0 Å². The molecule has 2 N–H and O–H groups in total. The smallest absolute Gasteiger partial charge is 0.194 e. The molecule has 1 aliphatic rings. The molecule has 0 radical (unpaired) electrons. The lowest BCUT2D eigenvalue weighted by Gasteiger charge is -2.32. The largest absolute Gasteiger partial charge is 0.494 e. The molecule has 1 aliphatic heterocycles. The van der Waals surface area contributed by atoms with E-state index in [-0.39, 0.29) is 11.6 Å². The molecule has 6 nitrogen and oxygen atoms in total. The van der Waals surface area contributed by atoms with Gasteiger partial charge < -0.3 is 25.0 Å². The minimum Gasteiger partial charge on any atom is -0.494 e. The van der Waals surface area contributed by atoms with Crippen LogP contribution in [0.3, 0.4) is 0 Å². The van der Waals surface area contributed by atoms with E-state index >= 15 is 0 Å². The molecule has 0 unspecified atom stereocenters. The van der Waals surface area contributed by atoms with Crippen molar-refractivity contribution in [2.45, 2.75) is 32.9 Å². The third kappa shape index (κ3) is 6.36. The van der Waals surface area contributed by atoms with E-state index in [4.69, 9.17) is 9.73 Å². The first-order valence-corrected chi connectivity index (χ1v) is 11.3. The fourth-order valence-electron chi connectivity index (χ4n) is 3.98. The average Bonchev–Trinajstić information content (AvgIpc) is 2.82. The highest BCUT2D eigenvalue weighted by Crippen LogP contribution is 2.23. The maximum Gasteiger partial charge on any atom is 0.194 e. The Bertz CT molecular complexity index is 880. The summed E-state index contributed by atoms with van der Waals surface area (Å²) in [6.07, 6.45) is 2.08. The number of anilines is 1. The number of guanidine groups is 1. The molecule has 0 amide bonds. The molecular weight excluding hydrogens is 407 g/mol. The van der Waals surface area contributed by atoms with E-state index < -0.39 is 0 Å². The van der Waals surface area contributed by atoms with Gasteiger partial charge >= 0.3 is 0 Å². The summed E-state index contributed by atoms with van der Waals surface area (Å²) in [4.78, 5) is 9.14. The van der Waals surface area contributed by atoms with Crippen molar-refractivity contribution in [2.24, 2.45) is 10.9 Å². The molecule has 0 aliphatic carbocycles. The van der Waals surface area contributed by atoms with E-state index in [0.717, 1.165) is 49.6 Å². The predicted octanol–water partition coefficient (Wildman–Crippen LogP) is 3.64. The Labute approximate surface area is 190 Å². The van der Waals surface area contributed by atoms with Gasteiger partial charge in [0.05, 0.1) is 13.7 Å². The van der Waals surface area contributed by atoms with Crippen LogP contribution in [0.25, 0.3) is 0 Å². The number of rotatable bonds is 8. The molecule has 32 heavy (non-hydrogen) atoms. The lowest BCUT2D eigenvalue weighted by molar-refractivity contribution is 0.203. The van der Waals surface area contributed by atoms with Crippen molar-refractivity contribution in [1.29, 1.82) is 0 Å². The minimum atomic E-state index is -0.360. The highest BCUT2D eigenvalue weighted by atomic mass is 19.1. The highest BCUT2D eigenvalue weighted by Gasteiger charge is 2.18. The number of piperidine rings is 1. The van der Waals surface area contributed by atoms with Crippen molar-refractivity contribution in [1.82, 2.24) is 10.2 Å². The molecule has 0 spiro atoms. The summed E-state index contributed by atoms with van der Waals surface area (Å²) in [5.74, 6) is 1.11. The van der Waals surface area contributed by atoms with E-state index in [2.05, 4.69) is 34.5 Å². The third-order valence-corrected chi connectivity index (χ3v) is 5.92. The van der Waals surface area contributed by atoms with Crippen molar-refractivity contribution in [2.75, 3.05) is 45.3 Å². The van der Waals surface area contributed by atoms with Gasteiger partial charge in [-0.2, -0.15) is 0 Å². The van der Waals surface area contributed by atoms with Gasteiger partial charge in [-0.05, 0) is 61.1 Å². The van der Waals surface area contributed by atoms with Crippen LogP contribution in [0.15, 0.2) is 47.5 Å². The van der Waals surface area contributed by atoms with Gasteiger partial charge in [-0.25, -0.2) is 9.38 Å². The Morgan fingerprint density at radius 2 is 1.88 bits per heavy atom. The molecule has 0 saturated carbocycles. The molecule has 174 valence electrons. The Morgan fingerprint density at radius 1 is 1.19 bits per heavy atom. The molecular formula is C25H35FN4O2. The van der Waals surface area contributed by atoms with Gasteiger partial charge in [0.25, 0.3) is 0 Å². The first-order valence-electron chi connectivity index (χ1n) is 11.3. The van der Waals surface area contributed by atoms with Crippen LogP contribution in [0.5, 0.6) is 5.75 Å². The normalized spacial score (nSPS) is 15.0. The number of hydrogen-bond acceptors (Lipinski definition) is 4. The Balaban J connectivity index is 1.61. The standard InChI is InChI=1S/C25H35FN4O2/c1-4-27-25(29(2)17-21-7-10-24(32-3)23(26)15-21)28-16-19-5-8-22(9-6-19)30-13-11-20(18-31)12-14-30/h5-10,15,20,31H,4,11-14,16-18H2,1-3H3,(H,27,28). The number of halogens is 1. The zero-order chi connectivity index (χ0) is 22.9. The topological polar surface area (TPSA) is 60.3 Å². The number of ether oxygens (including phenoxy) is 1. The Kier molecular flexibility index (Phi) is 8.73. The second-order valence-electron chi connectivity index (χ2n) is 8.27. The quantitative estimate of drug-likeness (QED) is 0.483. The number of aliphatic hydroxyl groups is 1. The average molecular weight is 443 g/mol. The molecule has 2 aromatic rings. The van der Waals surface area contributed by atoms with Crippen molar-refractivity contribution in [3.63, 3.8) is 0 Å². The van der Waals surface area contributed by atoms with Crippen LogP contribution in [0, 0.1) is 11.7 Å². The Morgan fingerprint density at radius 3 is 2.47 bits per heavy atom. The van der Waals surface area contributed by atoms with Crippen LogP contribution in [0.1, 0.15) is 30.9 Å². The number of aliphatic imine (C=N–C) groups is 1. The summed E-state index contributed by atoms with van der Waals surface area (Å²) in [6, 6.07) is 13.6. The fourth-order valence-corrected chi connectivity index (χ4v) is 3.98. The molecule has 1 fully saturated rings. The monoisotopic (exact) mass is 442 g/mol. The van der Waals surface area contributed by atoms with Crippen molar-refractivity contribution in [3.05, 3.63) is 59.4 Å². The SMILES string of the molecule is CCNC(=NCc1ccc(N2CCC(CO)CC2)cc1)N(C)Cc1ccc(OC)c(F)c1. The summed E-state index contributed by atoms with van der Waals surface area (Å²) in [6.45, 7) is 6.16. The van der Waals surface area contributed by atoms with Gasteiger partial charge in [0.1, 0.15) is 0 Å². The molecule has 2 aromatic carbocycles. The zero-order valence-electron chi connectivity index (χ0n) is 19.4. The van der Waals surface area contributed by atoms with Crippen LogP contribution in [-0.4, -0.2) is 56.4 Å². The third-order valence-electron chi connectivity index (χ3n) is 5.92. The van der Waals surface area contributed by atoms with Crippen molar-refractivity contribution < 1.29 is 14.2 Å². The van der Waals surface area contributed by atoms with E-state index in [1.807, 2.05) is 24.9 Å². The van der Waals surface area contributed by atoms with E-state index in [0.29, 0.717) is 25.6 Å². The lowest BCUT2D eigenvalue weighted by Crippen LogP contribution is -2.38. The second kappa shape index (κ2) is 11.7. The number of methoxy groups -OCH3 is 1. The lowest BCUT2D eigenvalue weighted by atomic mass is 9.97. The van der Waals surface area contributed by atoms with Crippen molar-refractivity contribution >= 4 is 11.6 Å². The summed E-state index contributed by atoms with van der Waals surface area (Å²) in [5.41, 5.74) is 3.21. The van der Waals surface area contributed by atoms with Gasteiger partial charge in [0.2, 0.25) is 0 Å². The summed E-state index contributed by atoms with van der Waals surface area (Å²) in [5, 5.41) is 12.6. The molecule has 0 aromatic heterocycles. The fraction of sp³-hybridized carbons (Fsp3) is 0.480. The molecule has 0 atom stereocenters. The van der Waals surface area contributed by atoms with Gasteiger partial charge in [0.15, 0.2) is 17.5 Å². The first-order chi connectivity index (χ1) is 15.5. The minimum absolute atomic E-state index is 0.248. The summed E-state index contributed by atoms with van der Waals surface area (Å²) >= 11 is 0. The maximum absolute atomic E-state index is 14.0. The van der Waals surface area contributed by atoms with Crippen LogP contribution >= 0.6 is 0 Å². The van der Waals surface area contributed by atoms with Gasteiger partial charge in [-0.3, -0.25) is 0 Å². The molecule has 1 saturated heterocycles. The molecule has 3 rings (SSSR count). The zero-order valence-corrected chi connectivity index (χ0v) is 19.4. The van der Waals surface area contributed by atoms with E-state index in [1.54, 1.807) is 6.07 Å². The number of hydrogen-bond donors (Lipinski definition) is 2. The van der Waals surface area contributed by atoms with Crippen LogP contribution in [-0.2, 0) is 13.1 Å². The molecule has 1 heterocycles. The van der Waals surface area contributed by atoms with Crippen molar-refractivity contribution in [3.8, 4) is 5.75 Å². The maximum atomic E-state index is 14.0. The van der Waals surface area contributed by atoms with Crippen LogP contribution in [0.2, 0.25) is 0 Å². The van der Waals surface area contributed by atoms with Gasteiger partial charge in [-0.15, -0.1) is 0 Å². The molecule has 7 heteroatoms. The number of nitrogens with one attached hydrogen (secondary N) is 1. The summed E-state index contributed by atoms with van der Waals surface area (Å²) < 4.78 is 19.0.